The van der Waals surface area contributed by atoms with E-state index in [4.69, 9.17) is 9.47 Å². The van der Waals surface area contributed by atoms with Gasteiger partial charge in [0.25, 0.3) is 0 Å². The summed E-state index contributed by atoms with van der Waals surface area (Å²) in [4.78, 5) is 11.8. The van der Waals surface area contributed by atoms with Crippen LogP contribution in [-0.4, -0.2) is 48.1 Å². The van der Waals surface area contributed by atoms with E-state index in [0.29, 0.717) is 12.4 Å². The van der Waals surface area contributed by atoms with Gasteiger partial charge < -0.3 is 14.6 Å². The van der Waals surface area contributed by atoms with Gasteiger partial charge in [0.1, 0.15) is 18.4 Å². The van der Waals surface area contributed by atoms with Gasteiger partial charge in [-0.25, -0.2) is 8.42 Å². The molecule has 1 aliphatic rings. The molecule has 0 amide bonds. The molecule has 1 aliphatic heterocycles. The summed E-state index contributed by atoms with van der Waals surface area (Å²) in [5, 5.41) is 9.61. The van der Waals surface area contributed by atoms with E-state index >= 15 is 0 Å². The molecule has 0 bridgehead atoms. The number of hydrogen-bond acceptors (Lipinski definition) is 5. The highest BCUT2D eigenvalue weighted by atomic mass is 32.2. The lowest BCUT2D eigenvalue weighted by atomic mass is 10.1. The van der Waals surface area contributed by atoms with Crippen molar-refractivity contribution in [2.45, 2.75) is 56.6 Å². The largest absolute Gasteiger partial charge is 0.489 e. The Morgan fingerprint density at radius 1 is 1.03 bits per heavy atom. The van der Waals surface area contributed by atoms with E-state index in [1.165, 1.54) is 12.1 Å². The van der Waals surface area contributed by atoms with Gasteiger partial charge in [-0.15, -0.1) is 0 Å². The van der Waals surface area contributed by atoms with E-state index in [9.17, 15) is 18.3 Å². The van der Waals surface area contributed by atoms with Crippen molar-refractivity contribution in [2.24, 2.45) is 0 Å². The first-order valence-electron chi connectivity index (χ1n) is 9.40. The molecule has 4 atom stereocenters. The maximum absolute atomic E-state index is 13.3. The Bertz CT molecular complexity index is 945. The fourth-order valence-electron chi connectivity index (χ4n) is 3.44. The van der Waals surface area contributed by atoms with Crippen LogP contribution in [0.15, 0.2) is 59.5 Å². The van der Waals surface area contributed by atoms with Gasteiger partial charge in [0.05, 0.1) is 17.1 Å². The van der Waals surface area contributed by atoms with Gasteiger partial charge in [-0.3, -0.25) is 4.79 Å². The third-order valence-corrected chi connectivity index (χ3v) is 7.11. The summed E-state index contributed by atoms with van der Waals surface area (Å²) in [6.45, 7) is 5.33. The van der Waals surface area contributed by atoms with Gasteiger partial charge in [0.2, 0.25) is 10.0 Å². The number of benzene rings is 2. The van der Waals surface area contributed by atoms with Crippen LogP contribution in [0.3, 0.4) is 0 Å². The van der Waals surface area contributed by atoms with Crippen molar-refractivity contribution in [3.63, 3.8) is 0 Å². The number of sulfonamides is 1. The molecule has 0 spiro atoms. The molecule has 1 saturated heterocycles. The molecule has 0 aliphatic carbocycles. The number of carboxylic acid groups (broad SMARTS) is 1. The number of carboxylic acids is 1. The SMILES string of the molecule is CC1OC(C)C(C(=O)O)N(S(=O)(=O)c2ccc(OCc3ccccc3)cc2)C1C. The summed E-state index contributed by atoms with van der Waals surface area (Å²) >= 11 is 0. The van der Waals surface area contributed by atoms with Crippen LogP contribution >= 0.6 is 0 Å². The topological polar surface area (TPSA) is 93.1 Å². The van der Waals surface area contributed by atoms with Crippen LogP contribution in [0, 0.1) is 0 Å². The van der Waals surface area contributed by atoms with E-state index in [-0.39, 0.29) is 4.90 Å². The fraction of sp³-hybridized carbons (Fsp3) is 0.381. The van der Waals surface area contributed by atoms with E-state index < -0.39 is 40.3 Å². The molecule has 2 aromatic rings. The average Bonchev–Trinajstić information content (AvgIpc) is 2.69. The molecule has 1 N–H and O–H groups in total. The van der Waals surface area contributed by atoms with Crippen LogP contribution in [0.4, 0.5) is 0 Å². The van der Waals surface area contributed by atoms with Crippen molar-refractivity contribution in [1.29, 1.82) is 0 Å². The first kappa shape index (κ1) is 21.3. The Morgan fingerprint density at radius 2 is 1.66 bits per heavy atom. The highest BCUT2D eigenvalue weighted by molar-refractivity contribution is 7.89. The molecular formula is C21H25NO6S. The molecule has 7 nitrogen and oxygen atoms in total. The van der Waals surface area contributed by atoms with Crippen molar-refractivity contribution in [1.82, 2.24) is 4.31 Å². The maximum atomic E-state index is 13.3. The van der Waals surface area contributed by atoms with Crippen molar-refractivity contribution >= 4 is 16.0 Å². The van der Waals surface area contributed by atoms with Gasteiger partial charge in [-0.05, 0) is 50.6 Å². The number of carbonyl (C=O) groups is 1. The minimum Gasteiger partial charge on any atom is -0.489 e. The third kappa shape index (κ3) is 4.44. The van der Waals surface area contributed by atoms with Crippen LogP contribution in [-0.2, 0) is 26.2 Å². The quantitative estimate of drug-likeness (QED) is 0.774. The summed E-state index contributed by atoms with van der Waals surface area (Å²) < 4.78 is 38.9. The predicted molar refractivity (Wildman–Crippen MR) is 107 cm³/mol. The second-order valence-corrected chi connectivity index (χ2v) is 8.99. The van der Waals surface area contributed by atoms with Crippen molar-refractivity contribution in [2.75, 3.05) is 0 Å². The second kappa shape index (κ2) is 8.52. The number of aliphatic carboxylic acids is 1. The van der Waals surface area contributed by atoms with Gasteiger partial charge in [0.15, 0.2) is 0 Å². The van der Waals surface area contributed by atoms with E-state index in [1.54, 1.807) is 32.9 Å². The van der Waals surface area contributed by atoms with Crippen molar-refractivity contribution in [3.05, 3.63) is 60.2 Å². The van der Waals surface area contributed by atoms with Gasteiger partial charge >= 0.3 is 5.97 Å². The zero-order chi connectivity index (χ0) is 21.2. The average molecular weight is 419 g/mol. The van der Waals surface area contributed by atoms with Crippen molar-refractivity contribution < 1.29 is 27.8 Å². The molecule has 29 heavy (non-hydrogen) atoms. The fourth-order valence-corrected chi connectivity index (χ4v) is 5.34. The lowest BCUT2D eigenvalue weighted by Gasteiger charge is -2.44. The van der Waals surface area contributed by atoms with Crippen molar-refractivity contribution in [3.8, 4) is 5.75 Å². The molecule has 1 fully saturated rings. The molecule has 3 rings (SSSR count). The van der Waals surface area contributed by atoms with Gasteiger partial charge in [-0.2, -0.15) is 4.31 Å². The van der Waals surface area contributed by atoms with Crippen LogP contribution in [0.25, 0.3) is 0 Å². The zero-order valence-corrected chi connectivity index (χ0v) is 17.4. The Balaban J connectivity index is 1.83. The standard InChI is InChI=1S/C21H25NO6S/c1-14-15(2)28-16(3)20(21(23)24)22(14)29(25,26)19-11-9-18(10-12-19)27-13-17-7-5-4-6-8-17/h4-12,14-16,20H,13H2,1-3H3,(H,23,24). The summed E-state index contributed by atoms with van der Waals surface area (Å²) in [5.74, 6) is -0.706. The molecule has 4 unspecified atom stereocenters. The summed E-state index contributed by atoms with van der Waals surface area (Å²) in [6, 6.07) is 13.7. The molecular weight excluding hydrogens is 394 g/mol. The number of morpholine rings is 1. The number of ether oxygens (including phenoxy) is 2. The molecule has 0 radical (unpaired) electrons. The molecule has 2 aromatic carbocycles. The summed E-state index contributed by atoms with van der Waals surface area (Å²) in [7, 11) is -4.04. The maximum Gasteiger partial charge on any atom is 0.324 e. The van der Waals surface area contributed by atoms with Gasteiger partial charge in [-0.1, -0.05) is 30.3 Å². The van der Waals surface area contributed by atoms with Crippen LogP contribution < -0.4 is 4.74 Å². The third-order valence-electron chi connectivity index (χ3n) is 5.13. The number of hydrogen-bond donors (Lipinski definition) is 1. The Morgan fingerprint density at radius 3 is 2.24 bits per heavy atom. The zero-order valence-electron chi connectivity index (χ0n) is 16.6. The lowest BCUT2D eigenvalue weighted by Crippen LogP contribution is -2.62. The summed E-state index contributed by atoms with van der Waals surface area (Å²) in [6.07, 6.45) is -1.19. The van der Waals surface area contributed by atoms with Crippen LogP contribution in [0.5, 0.6) is 5.75 Å². The Labute approximate surface area is 170 Å². The molecule has 156 valence electrons. The highest BCUT2D eigenvalue weighted by Gasteiger charge is 2.48. The van der Waals surface area contributed by atoms with Crippen LogP contribution in [0.1, 0.15) is 26.3 Å². The molecule has 0 aromatic heterocycles. The lowest BCUT2D eigenvalue weighted by molar-refractivity contribution is -0.160. The number of rotatable bonds is 6. The molecule has 1 heterocycles. The van der Waals surface area contributed by atoms with E-state index in [0.717, 1.165) is 9.87 Å². The monoisotopic (exact) mass is 419 g/mol. The smallest absolute Gasteiger partial charge is 0.324 e. The highest BCUT2D eigenvalue weighted by Crippen LogP contribution is 2.31. The molecule has 8 heteroatoms. The molecule has 0 saturated carbocycles. The number of nitrogens with zero attached hydrogens (tertiary/aromatic N) is 1. The van der Waals surface area contributed by atoms with E-state index in [2.05, 4.69) is 0 Å². The second-order valence-electron chi connectivity index (χ2n) is 7.15. The normalized spacial score (nSPS) is 25.5. The predicted octanol–water partition coefficient (Wildman–Crippen LogP) is 2.91. The minimum atomic E-state index is -4.04. The Kier molecular flexibility index (Phi) is 6.26. The van der Waals surface area contributed by atoms with Crippen LogP contribution in [0.2, 0.25) is 0 Å². The van der Waals surface area contributed by atoms with Gasteiger partial charge in [0, 0.05) is 6.04 Å². The Hall–Kier alpha value is -2.42. The first-order chi connectivity index (χ1) is 13.7. The minimum absolute atomic E-state index is 0.0176. The first-order valence-corrected chi connectivity index (χ1v) is 10.8. The van der Waals surface area contributed by atoms with E-state index in [1.807, 2.05) is 30.3 Å². The summed E-state index contributed by atoms with van der Waals surface area (Å²) in [5.41, 5.74) is 0.999.